The molecule has 0 radical (unpaired) electrons. The Hall–Kier alpha value is -4.09. The second-order valence-corrected chi connectivity index (χ2v) is 14.0. The van der Waals surface area contributed by atoms with Gasteiger partial charge in [0.2, 0.25) is 5.95 Å². The van der Waals surface area contributed by atoms with E-state index in [1.807, 2.05) is 41.4 Å². The van der Waals surface area contributed by atoms with E-state index in [-0.39, 0.29) is 37.1 Å². The van der Waals surface area contributed by atoms with Gasteiger partial charge in [0, 0.05) is 67.2 Å². The largest absolute Gasteiger partial charge is 0.471 e. The summed E-state index contributed by atoms with van der Waals surface area (Å²) in [5.74, 6) is -1.24. The first-order chi connectivity index (χ1) is 20.3. The SMILES string of the molecule is Cn1cc(-c2cc(Nc3ncc(Cl)c(Nc4ccccc4P(C)(C)=O)n3)ccc2N2CCN(C(=O)C(F)(F)F)CC2)cn1. The predicted octanol–water partition coefficient (Wildman–Crippen LogP) is 5.48. The maximum absolute atomic E-state index is 12.9. The van der Waals surface area contributed by atoms with Crippen LogP contribution in [0.2, 0.25) is 5.02 Å². The van der Waals surface area contributed by atoms with Gasteiger partial charge in [0.25, 0.3) is 0 Å². The number of amides is 1. The summed E-state index contributed by atoms with van der Waals surface area (Å²) in [7, 11) is -0.796. The molecule has 43 heavy (non-hydrogen) atoms. The number of aromatic nitrogens is 4. The van der Waals surface area contributed by atoms with E-state index in [9.17, 15) is 22.5 Å². The Labute approximate surface area is 251 Å². The van der Waals surface area contributed by atoms with Gasteiger partial charge in [-0.3, -0.25) is 9.48 Å². The minimum atomic E-state index is -4.90. The molecule has 0 bridgehead atoms. The second-order valence-electron chi connectivity index (χ2n) is 10.4. The van der Waals surface area contributed by atoms with Crippen LogP contribution < -0.4 is 20.8 Å². The number of carbonyl (C=O) groups excluding carboxylic acids is 1. The lowest BCUT2D eigenvalue weighted by Gasteiger charge is -2.37. The average Bonchev–Trinajstić information content (AvgIpc) is 3.40. The number of benzene rings is 2. The number of rotatable bonds is 7. The van der Waals surface area contributed by atoms with Gasteiger partial charge in [-0.1, -0.05) is 23.7 Å². The summed E-state index contributed by atoms with van der Waals surface area (Å²) in [4.78, 5) is 23.3. The molecule has 0 saturated carbocycles. The fourth-order valence-electron chi connectivity index (χ4n) is 4.83. The van der Waals surface area contributed by atoms with Crippen LogP contribution in [-0.4, -0.2) is 76.2 Å². The number of nitrogens with one attached hydrogen (secondary N) is 2. The van der Waals surface area contributed by atoms with Crippen LogP contribution in [0.1, 0.15) is 0 Å². The molecule has 5 rings (SSSR count). The summed E-state index contributed by atoms with van der Waals surface area (Å²) in [5.41, 5.74) is 3.65. The molecule has 1 aliphatic heterocycles. The second kappa shape index (κ2) is 11.9. The maximum atomic E-state index is 12.9. The van der Waals surface area contributed by atoms with E-state index >= 15 is 0 Å². The van der Waals surface area contributed by atoms with Crippen LogP contribution in [0.25, 0.3) is 11.1 Å². The molecule has 1 amide bonds. The maximum Gasteiger partial charge on any atom is 0.471 e. The lowest BCUT2D eigenvalue weighted by molar-refractivity contribution is -0.185. The third kappa shape index (κ3) is 6.94. The van der Waals surface area contributed by atoms with Gasteiger partial charge in [-0.25, -0.2) is 4.98 Å². The van der Waals surface area contributed by atoms with Crippen LogP contribution >= 0.6 is 18.7 Å². The number of para-hydroxylation sites is 1. The summed E-state index contributed by atoms with van der Waals surface area (Å²) in [6.07, 6.45) is 0.0965. The van der Waals surface area contributed by atoms with Crippen molar-refractivity contribution in [2.45, 2.75) is 6.18 Å². The highest BCUT2D eigenvalue weighted by Crippen LogP contribution is 2.39. The summed E-state index contributed by atoms with van der Waals surface area (Å²) >= 11 is 6.40. The molecule has 226 valence electrons. The molecule has 0 spiro atoms. The molecular formula is C28H29ClF3N8O2P. The summed E-state index contributed by atoms with van der Waals surface area (Å²) in [6, 6.07) is 12.8. The Morgan fingerprint density at radius 3 is 2.40 bits per heavy atom. The quantitative estimate of drug-likeness (QED) is 0.258. The smallest absolute Gasteiger partial charge is 0.367 e. The number of hydrogen-bond donors (Lipinski definition) is 2. The molecule has 1 aliphatic rings. The van der Waals surface area contributed by atoms with Crippen LogP contribution in [0.5, 0.6) is 0 Å². The normalized spacial score (nSPS) is 14.1. The number of halogens is 4. The van der Waals surface area contributed by atoms with Crippen molar-refractivity contribution < 1.29 is 22.5 Å². The van der Waals surface area contributed by atoms with E-state index in [1.165, 1.54) is 6.20 Å². The number of nitrogens with zero attached hydrogens (tertiary/aromatic N) is 6. The van der Waals surface area contributed by atoms with Crippen LogP contribution in [0.4, 0.5) is 42.0 Å². The third-order valence-corrected chi connectivity index (χ3v) is 8.73. The van der Waals surface area contributed by atoms with E-state index in [0.29, 0.717) is 22.5 Å². The number of anilines is 5. The van der Waals surface area contributed by atoms with Gasteiger partial charge in [-0.15, -0.1) is 0 Å². The zero-order valence-corrected chi connectivity index (χ0v) is 25.2. The van der Waals surface area contributed by atoms with Gasteiger partial charge in [0.05, 0.1) is 18.1 Å². The Balaban J connectivity index is 1.40. The van der Waals surface area contributed by atoms with Crippen molar-refractivity contribution in [2.75, 3.05) is 55.0 Å². The summed E-state index contributed by atoms with van der Waals surface area (Å²) in [6.45, 7) is 3.75. The number of hydrogen-bond acceptors (Lipinski definition) is 8. The van der Waals surface area contributed by atoms with E-state index in [1.54, 1.807) is 43.4 Å². The van der Waals surface area contributed by atoms with E-state index in [2.05, 4.69) is 25.7 Å². The monoisotopic (exact) mass is 632 g/mol. The van der Waals surface area contributed by atoms with Crippen LogP contribution in [0.3, 0.4) is 0 Å². The van der Waals surface area contributed by atoms with Gasteiger partial charge < -0.3 is 25.0 Å². The summed E-state index contributed by atoms with van der Waals surface area (Å²) in [5, 5.41) is 11.6. The first-order valence-corrected chi connectivity index (χ1v) is 16.2. The molecule has 4 aromatic rings. The molecule has 2 N–H and O–H groups in total. The highest BCUT2D eigenvalue weighted by atomic mass is 35.5. The van der Waals surface area contributed by atoms with Crippen LogP contribution in [0, 0.1) is 0 Å². The minimum absolute atomic E-state index is 0.0478. The van der Waals surface area contributed by atoms with Gasteiger partial charge in [-0.05, 0) is 43.7 Å². The van der Waals surface area contributed by atoms with Gasteiger partial charge >= 0.3 is 12.1 Å². The van der Waals surface area contributed by atoms with Crippen LogP contribution in [-0.2, 0) is 16.4 Å². The topological polar surface area (TPSA) is 108 Å². The zero-order chi connectivity index (χ0) is 30.9. The minimum Gasteiger partial charge on any atom is -0.367 e. The number of piperazine rings is 1. The predicted molar refractivity (Wildman–Crippen MR) is 163 cm³/mol. The third-order valence-electron chi connectivity index (χ3n) is 6.90. The number of aryl methyl sites for hydroxylation is 1. The highest BCUT2D eigenvalue weighted by Gasteiger charge is 2.43. The van der Waals surface area contributed by atoms with Crippen molar-refractivity contribution >= 4 is 58.8 Å². The van der Waals surface area contributed by atoms with Crippen molar-refractivity contribution in [1.82, 2.24) is 24.6 Å². The molecule has 1 fully saturated rings. The lowest BCUT2D eigenvalue weighted by Crippen LogP contribution is -2.52. The van der Waals surface area contributed by atoms with E-state index in [4.69, 9.17) is 11.6 Å². The molecular weight excluding hydrogens is 604 g/mol. The molecule has 1 saturated heterocycles. The fourth-order valence-corrected chi connectivity index (χ4v) is 6.13. The number of alkyl halides is 3. The highest BCUT2D eigenvalue weighted by molar-refractivity contribution is 7.70. The Morgan fingerprint density at radius 1 is 1.02 bits per heavy atom. The zero-order valence-electron chi connectivity index (χ0n) is 23.6. The van der Waals surface area contributed by atoms with Gasteiger partial charge in [0.1, 0.15) is 12.2 Å². The number of carbonyl (C=O) groups is 1. The van der Waals surface area contributed by atoms with Crippen LogP contribution in [0.15, 0.2) is 61.1 Å². The molecule has 2 aromatic heterocycles. The first kappa shape index (κ1) is 30.4. The standard InChI is InChI=1S/C28H29ClF3N8O2P/c1-38-17-18(15-34-38)20-14-19(8-9-23(20)39-10-12-40(13-11-39)26(41)28(30,31)32)35-27-33-16-21(29)25(37-27)36-22-6-4-5-7-24(22)43(2,3)42/h4-9,14-17H,10-13H2,1-3H3,(H2,33,35,36,37). The molecule has 0 atom stereocenters. The van der Waals surface area contributed by atoms with Crippen molar-refractivity contribution in [3.63, 3.8) is 0 Å². The molecule has 0 unspecified atom stereocenters. The van der Waals surface area contributed by atoms with E-state index < -0.39 is 19.2 Å². The van der Waals surface area contributed by atoms with Gasteiger partial charge in [-0.2, -0.15) is 23.3 Å². The molecule has 3 heterocycles. The van der Waals surface area contributed by atoms with Crippen molar-refractivity contribution in [3.05, 3.63) is 66.1 Å². The lowest BCUT2D eigenvalue weighted by atomic mass is 10.0. The summed E-state index contributed by atoms with van der Waals surface area (Å²) < 4.78 is 53.3. The first-order valence-electron chi connectivity index (χ1n) is 13.2. The molecule has 10 nitrogen and oxygen atoms in total. The average molecular weight is 633 g/mol. The fraction of sp³-hybridized carbons (Fsp3) is 0.286. The van der Waals surface area contributed by atoms with Gasteiger partial charge in [0.15, 0.2) is 5.82 Å². The Morgan fingerprint density at radius 2 is 1.74 bits per heavy atom. The van der Waals surface area contributed by atoms with E-state index in [0.717, 1.165) is 21.7 Å². The Kier molecular flexibility index (Phi) is 8.40. The Bertz CT molecular complexity index is 1700. The van der Waals surface area contributed by atoms with Crippen molar-refractivity contribution in [3.8, 4) is 11.1 Å². The molecule has 15 heteroatoms. The molecule has 2 aromatic carbocycles. The van der Waals surface area contributed by atoms with Crippen molar-refractivity contribution in [2.24, 2.45) is 7.05 Å². The van der Waals surface area contributed by atoms with Crippen molar-refractivity contribution in [1.29, 1.82) is 0 Å². The molecule has 0 aliphatic carbocycles.